The van der Waals surface area contributed by atoms with E-state index in [0.29, 0.717) is 35.0 Å². The van der Waals surface area contributed by atoms with E-state index in [-0.39, 0.29) is 6.10 Å². The van der Waals surface area contributed by atoms with Crippen LogP contribution in [0, 0.1) is 45.4 Å². The smallest absolute Gasteiger partial charge is 0.0553 e. The third-order valence-electron chi connectivity index (χ3n) is 13.5. The van der Waals surface area contributed by atoms with Gasteiger partial charge >= 0.3 is 0 Å². The summed E-state index contributed by atoms with van der Waals surface area (Å²) in [4.78, 5) is 0. The highest BCUT2D eigenvalue weighted by Crippen LogP contribution is 2.56. The van der Waals surface area contributed by atoms with Crippen molar-refractivity contribution in [2.24, 2.45) is 17.8 Å². The number of hydrogen-bond acceptors (Lipinski definition) is 1. The van der Waals surface area contributed by atoms with E-state index in [9.17, 15) is 0 Å². The molecule has 2 fully saturated rings. The summed E-state index contributed by atoms with van der Waals surface area (Å²) in [6.45, 7) is 19.9. The molecule has 8 rings (SSSR count). The normalized spacial score (nSPS) is 24.1. The minimum absolute atomic E-state index is 0.198. The fraction of sp³-hybridized carbons (Fsp3) is 0.396. The molecule has 1 aliphatic carbocycles. The van der Waals surface area contributed by atoms with Gasteiger partial charge in [0.1, 0.15) is 0 Å². The van der Waals surface area contributed by atoms with E-state index in [2.05, 4.69) is 171 Å². The largest absolute Gasteiger partial charge is 0.378 e. The number of rotatable bonds is 9. The predicted octanol–water partition coefficient (Wildman–Crippen LogP) is 12.9. The van der Waals surface area contributed by atoms with Gasteiger partial charge in [-0.1, -0.05) is 178 Å². The average Bonchev–Trinajstić information content (AvgIpc) is 3.53. The summed E-state index contributed by atoms with van der Waals surface area (Å²) in [6, 6.07) is 45.6. The minimum atomic E-state index is -0.775. The zero-order chi connectivity index (χ0) is 39.1. The van der Waals surface area contributed by atoms with Crippen molar-refractivity contribution in [3.63, 3.8) is 0 Å². The summed E-state index contributed by atoms with van der Waals surface area (Å²) in [5.41, 5.74) is 7.97. The van der Waals surface area contributed by atoms with Crippen LogP contribution in [0.1, 0.15) is 93.5 Å². The van der Waals surface area contributed by atoms with Crippen molar-refractivity contribution in [3.8, 4) is 0 Å². The molecule has 0 amide bonds. The van der Waals surface area contributed by atoms with Gasteiger partial charge in [-0.2, -0.15) is 0 Å². The van der Waals surface area contributed by atoms with Gasteiger partial charge in [-0.05, 0) is 147 Å². The van der Waals surface area contributed by atoms with E-state index >= 15 is 0 Å². The molecule has 1 saturated carbocycles. The van der Waals surface area contributed by atoms with Gasteiger partial charge in [0.2, 0.25) is 0 Å². The van der Waals surface area contributed by atoms with Crippen molar-refractivity contribution >= 4 is 58.6 Å². The summed E-state index contributed by atoms with van der Waals surface area (Å²) in [7, 11) is -1.43. The second-order valence-electron chi connectivity index (χ2n) is 17.6. The first-order valence-electron chi connectivity index (χ1n) is 21.5. The molecule has 0 spiro atoms. The lowest BCUT2D eigenvalue weighted by Crippen LogP contribution is -2.39. The Kier molecular flexibility index (Phi) is 11.9. The van der Waals surface area contributed by atoms with Crippen molar-refractivity contribution in [1.29, 1.82) is 0 Å². The molecule has 8 unspecified atom stereocenters. The number of aryl methyl sites for hydroxylation is 4. The summed E-state index contributed by atoms with van der Waals surface area (Å²) in [5.74, 6) is 2.27. The van der Waals surface area contributed by atoms with Crippen LogP contribution in [-0.4, -0.2) is 24.0 Å². The Morgan fingerprint density at radius 2 is 1.27 bits per heavy atom. The van der Waals surface area contributed by atoms with Crippen LogP contribution >= 0.6 is 15.8 Å². The number of hydrogen-bond donors (Lipinski definition) is 0. The van der Waals surface area contributed by atoms with Crippen LogP contribution in [0.4, 0.5) is 0 Å². The number of benzene rings is 6. The minimum Gasteiger partial charge on any atom is -0.378 e. The molecule has 3 heteroatoms. The molecule has 1 aliphatic heterocycles. The van der Waals surface area contributed by atoms with E-state index < -0.39 is 15.8 Å². The fourth-order valence-corrected chi connectivity index (χ4v) is 18.1. The van der Waals surface area contributed by atoms with Gasteiger partial charge in [-0.3, -0.25) is 0 Å². The fourth-order valence-electron chi connectivity index (χ4n) is 11.0. The van der Waals surface area contributed by atoms with E-state index in [4.69, 9.17) is 4.74 Å². The highest BCUT2D eigenvalue weighted by atomic mass is 31.1. The van der Waals surface area contributed by atoms with Crippen LogP contribution in [0.15, 0.2) is 115 Å². The second kappa shape index (κ2) is 16.9. The Balaban J connectivity index is 1.34. The predicted molar refractivity (Wildman–Crippen MR) is 248 cm³/mol. The Morgan fingerprint density at radius 1 is 0.679 bits per heavy atom. The molecule has 0 bridgehead atoms. The highest BCUT2D eigenvalue weighted by molar-refractivity contribution is 7.74. The van der Waals surface area contributed by atoms with Crippen molar-refractivity contribution in [1.82, 2.24) is 0 Å². The Morgan fingerprint density at radius 3 is 1.89 bits per heavy atom. The number of fused-ring (bicyclic) bond motifs is 2. The lowest BCUT2D eigenvalue weighted by atomic mass is 9.84. The molecule has 1 nitrogen and oxygen atoms in total. The first kappa shape index (κ1) is 39.5. The van der Waals surface area contributed by atoms with Gasteiger partial charge in [0.15, 0.2) is 0 Å². The van der Waals surface area contributed by atoms with Crippen LogP contribution in [0.2, 0.25) is 0 Å². The van der Waals surface area contributed by atoms with Gasteiger partial charge in [0.25, 0.3) is 0 Å². The molecule has 6 aromatic rings. The van der Waals surface area contributed by atoms with E-state index in [1.807, 2.05) is 0 Å². The zero-order valence-electron chi connectivity index (χ0n) is 35.1. The highest BCUT2D eigenvalue weighted by Gasteiger charge is 2.44. The monoisotopic (exact) mass is 776 g/mol. The molecule has 8 atom stereocenters. The summed E-state index contributed by atoms with van der Waals surface area (Å²) >= 11 is 0. The first-order chi connectivity index (χ1) is 27.1. The molecule has 56 heavy (non-hydrogen) atoms. The SMILES string of the molecule is CCC1C(C(C)P(c2cc(C)cc(C)c2)c2cc(C)cc(C)c2)COC(C)CC1P(c1cccc2ccccc12)c1cccc2cccc(C3CCCC3C)c12. The summed E-state index contributed by atoms with van der Waals surface area (Å²) < 4.78 is 7.05. The zero-order valence-corrected chi connectivity index (χ0v) is 36.8. The molecule has 1 saturated heterocycles. The maximum Gasteiger partial charge on any atom is 0.0553 e. The average molecular weight is 777 g/mol. The molecule has 2 aliphatic rings. The topological polar surface area (TPSA) is 9.23 Å². The van der Waals surface area contributed by atoms with Crippen LogP contribution in [0.25, 0.3) is 21.5 Å². The van der Waals surface area contributed by atoms with E-state index in [1.54, 1.807) is 21.6 Å². The molecule has 6 aromatic carbocycles. The maximum atomic E-state index is 7.05. The third kappa shape index (κ3) is 7.79. The second-order valence-corrected chi connectivity index (χ2v) is 22.5. The van der Waals surface area contributed by atoms with Crippen LogP contribution in [0.5, 0.6) is 0 Å². The van der Waals surface area contributed by atoms with E-state index in [0.717, 1.165) is 19.4 Å². The van der Waals surface area contributed by atoms with Gasteiger partial charge in [0.05, 0.1) is 12.7 Å². The first-order valence-corrected chi connectivity index (χ1v) is 24.3. The molecular weight excluding hydrogens is 715 g/mol. The molecular formula is C53H62OP2. The van der Waals surface area contributed by atoms with Crippen LogP contribution in [-0.2, 0) is 4.74 Å². The molecule has 0 N–H and O–H groups in total. The number of ether oxygens (including phenoxy) is 1. The molecule has 290 valence electrons. The Bertz CT molecular complexity index is 2220. The van der Waals surface area contributed by atoms with Crippen LogP contribution in [0.3, 0.4) is 0 Å². The van der Waals surface area contributed by atoms with E-state index in [1.165, 1.54) is 68.3 Å². The van der Waals surface area contributed by atoms with Gasteiger partial charge in [-0.15, -0.1) is 0 Å². The maximum absolute atomic E-state index is 7.05. The van der Waals surface area contributed by atoms with Crippen molar-refractivity contribution in [2.75, 3.05) is 6.61 Å². The van der Waals surface area contributed by atoms with Crippen molar-refractivity contribution in [2.45, 2.75) is 111 Å². The van der Waals surface area contributed by atoms with Gasteiger partial charge < -0.3 is 4.74 Å². The lowest BCUT2D eigenvalue weighted by molar-refractivity contribution is 0.0473. The van der Waals surface area contributed by atoms with Crippen molar-refractivity contribution in [3.05, 3.63) is 143 Å². The van der Waals surface area contributed by atoms with Crippen molar-refractivity contribution < 1.29 is 4.74 Å². The van der Waals surface area contributed by atoms with Gasteiger partial charge in [-0.25, -0.2) is 0 Å². The Labute approximate surface area is 340 Å². The van der Waals surface area contributed by atoms with Gasteiger partial charge in [0, 0.05) is 0 Å². The Hall–Kier alpha value is -3.34. The summed E-state index contributed by atoms with van der Waals surface area (Å²) in [5, 5.41) is 11.9. The summed E-state index contributed by atoms with van der Waals surface area (Å²) in [6.07, 6.45) is 6.40. The molecule has 1 heterocycles. The molecule has 0 radical (unpaired) electrons. The lowest BCUT2D eigenvalue weighted by Gasteiger charge is -2.42. The van der Waals surface area contributed by atoms with Crippen LogP contribution < -0.4 is 21.2 Å². The molecule has 0 aromatic heterocycles. The third-order valence-corrected chi connectivity index (χ3v) is 19.3. The quantitative estimate of drug-likeness (QED) is 0.133. The standard InChI is InChI=1S/C53H62OP2/c1-9-45-49(40(8)55(43-28-34(2)26-35(3)29-43)44-30-36(4)27-37(5)31-44)33-54-39(7)32-52(45)56(50-24-14-18-41-17-10-11-21-47(41)50)51-25-15-20-42-19-13-23-48(53(42)51)46-22-12-16-38(46)6/h10-11,13-15,17-21,23-31,38-40,45-46,49,52H,9,12,16,22,32-33H2,1-8H3.